The van der Waals surface area contributed by atoms with Crippen molar-refractivity contribution in [3.05, 3.63) is 48.7 Å². The van der Waals surface area contributed by atoms with Crippen LogP contribution in [0.2, 0.25) is 0 Å². The van der Waals surface area contributed by atoms with Crippen LogP contribution in [0.5, 0.6) is 0 Å². The first kappa shape index (κ1) is 23.8. The number of benzene rings is 1. The van der Waals surface area contributed by atoms with Crippen LogP contribution < -0.4 is 0 Å². The molecule has 10 heteroatoms. The van der Waals surface area contributed by atoms with E-state index in [0.717, 1.165) is 42.9 Å². The zero-order valence-corrected chi connectivity index (χ0v) is 18.5. The lowest BCUT2D eigenvalue weighted by Gasteiger charge is -2.04. The number of rotatable bonds is 13. The number of hydrogen-bond acceptors (Lipinski definition) is 10. The maximum absolute atomic E-state index is 11.9. The first-order valence-corrected chi connectivity index (χ1v) is 10.7. The Kier molecular flexibility index (Phi) is 8.87. The summed E-state index contributed by atoms with van der Waals surface area (Å²) in [7, 11) is 0. The van der Waals surface area contributed by atoms with Crippen LogP contribution in [-0.2, 0) is 25.5 Å². The van der Waals surface area contributed by atoms with E-state index in [1.165, 1.54) is 0 Å². The van der Waals surface area contributed by atoms with Gasteiger partial charge in [-0.15, -0.1) is 0 Å². The van der Waals surface area contributed by atoms with Gasteiger partial charge in [0.25, 0.3) is 0 Å². The second kappa shape index (κ2) is 12.3. The van der Waals surface area contributed by atoms with Crippen molar-refractivity contribution in [2.24, 2.45) is 0 Å². The van der Waals surface area contributed by atoms with Crippen molar-refractivity contribution in [3.63, 3.8) is 0 Å². The van der Waals surface area contributed by atoms with Gasteiger partial charge >= 0.3 is 11.9 Å². The molecule has 0 bridgehead atoms. The number of carbonyl (C=O) groups is 2. The van der Waals surface area contributed by atoms with Crippen LogP contribution in [0.3, 0.4) is 0 Å². The molecular formula is C23H26N4O6. The summed E-state index contributed by atoms with van der Waals surface area (Å²) < 4.78 is 20.4. The van der Waals surface area contributed by atoms with Gasteiger partial charge in [-0.25, -0.2) is 4.79 Å². The number of hydrogen-bond donors (Lipinski definition) is 0. The monoisotopic (exact) mass is 454 g/mol. The minimum Gasteiger partial charge on any atom is -0.466 e. The largest absolute Gasteiger partial charge is 0.466 e. The van der Waals surface area contributed by atoms with Gasteiger partial charge in [-0.1, -0.05) is 35.1 Å². The number of unbranched alkanes of at least 4 members (excludes halogenated alkanes) is 3. The molecule has 0 saturated heterocycles. The molecule has 3 rings (SSSR count). The first-order chi connectivity index (χ1) is 16.0. The molecule has 3 aromatic rings. The second-order valence-electron chi connectivity index (χ2n) is 7.24. The van der Waals surface area contributed by atoms with Crippen LogP contribution in [0.15, 0.2) is 46.0 Å². The summed E-state index contributed by atoms with van der Waals surface area (Å²) >= 11 is 0. The maximum atomic E-state index is 11.9. The van der Waals surface area contributed by atoms with Crippen LogP contribution in [-0.4, -0.2) is 45.4 Å². The summed E-state index contributed by atoms with van der Waals surface area (Å²) in [6.45, 7) is 5.79. The number of ether oxygens (including phenoxy) is 2. The number of carbonyl (C=O) groups excluding carboxylic acids is 2. The Labute approximate surface area is 191 Å². The molecule has 10 nitrogen and oxygen atoms in total. The fraction of sp³-hybridized carbons (Fsp3) is 0.391. The fourth-order valence-corrected chi connectivity index (χ4v) is 2.94. The van der Waals surface area contributed by atoms with Crippen molar-refractivity contribution >= 4 is 11.9 Å². The van der Waals surface area contributed by atoms with Crippen molar-refractivity contribution in [1.29, 1.82) is 0 Å². The SMILES string of the molecule is C=CC(=O)OCCCCCCOC(=O)CCc1nc(-c2cccc(-c3noc(C)n3)c2)no1. The van der Waals surface area contributed by atoms with E-state index in [-0.39, 0.29) is 12.4 Å². The number of nitrogens with zero attached hydrogens (tertiary/aromatic N) is 4. The normalized spacial score (nSPS) is 10.7. The summed E-state index contributed by atoms with van der Waals surface area (Å²) in [6.07, 6.45) is 4.89. The Morgan fingerprint density at radius 2 is 1.64 bits per heavy atom. The van der Waals surface area contributed by atoms with Crippen LogP contribution in [0, 0.1) is 6.92 Å². The predicted molar refractivity (Wildman–Crippen MR) is 117 cm³/mol. The number of aromatic nitrogens is 4. The second-order valence-corrected chi connectivity index (χ2v) is 7.24. The van der Waals surface area contributed by atoms with Crippen molar-refractivity contribution in [3.8, 4) is 22.8 Å². The van der Waals surface area contributed by atoms with Crippen LogP contribution in [0.4, 0.5) is 0 Å². The van der Waals surface area contributed by atoms with E-state index in [9.17, 15) is 9.59 Å². The fourth-order valence-electron chi connectivity index (χ4n) is 2.94. The highest BCUT2D eigenvalue weighted by Gasteiger charge is 2.13. The van der Waals surface area contributed by atoms with Crippen LogP contribution >= 0.6 is 0 Å². The van der Waals surface area contributed by atoms with Gasteiger partial charge in [0.1, 0.15) is 0 Å². The Bertz CT molecular complexity index is 1070. The van der Waals surface area contributed by atoms with Crippen molar-refractivity contribution in [2.45, 2.75) is 45.4 Å². The van der Waals surface area contributed by atoms with Gasteiger partial charge in [0.2, 0.25) is 23.4 Å². The average Bonchev–Trinajstić information content (AvgIpc) is 3.48. The molecule has 0 fully saturated rings. The third-order valence-corrected chi connectivity index (χ3v) is 4.63. The molecular weight excluding hydrogens is 428 g/mol. The van der Waals surface area contributed by atoms with Gasteiger partial charge in [0, 0.05) is 30.5 Å². The quantitative estimate of drug-likeness (QED) is 0.213. The van der Waals surface area contributed by atoms with Crippen LogP contribution in [0.1, 0.15) is 43.9 Å². The molecule has 1 aromatic carbocycles. The summed E-state index contributed by atoms with van der Waals surface area (Å²) in [6, 6.07) is 7.40. The predicted octanol–water partition coefficient (Wildman–Crippen LogP) is 3.86. The molecule has 0 saturated carbocycles. The molecule has 0 N–H and O–H groups in total. The molecule has 0 aliphatic heterocycles. The molecule has 0 aliphatic carbocycles. The number of aryl methyl sites for hydroxylation is 2. The zero-order chi connectivity index (χ0) is 23.5. The third kappa shape index (κ3) is 7.67. The Balaban J connectivity index is 1.36. The standard InChI is InChI=1S/C23H26N4O6/c1-3-20(28)30-13-6-4-5-7-14-31-21(29)12-11-19-25-23(27-33-19)18-10-8-9-17(15-18)22-24-16(2)32-26-22/h3,8-10,15H,1,4-7,11-14H2,2H3. The highest BCUT2D eigenvalue weighted by molar-refractivity contribution is 5.81. The lowest BCUT2D eigenvalue weighted by atomic mass is 10.1. The molecule has 0 aliphatic rings. The third-order valence-electron chi connectivity index (χ3n) is 4.63. The molecule has 0 spiro atoms. The highest BCUT2D eigenvalue weighted by atomic mass is 16.5. The van der Waals surface area contributed by atoms with E-state index >= 15 is 0 Å². The van der Waals surface area contributed by atoms with E-state index in [1.807, 2.05) is 24.3 Å². The Morgan fingerprint density at radius 1 is 0.970 bits per heavy atom. The molecule has 2 aromatic heterocycles. The van der Waals surface area contributed by atoms with E-state index < -0.39 is 5.97 Å². The smallest absolute Gasteiger partial charge is 0.330 e. The van der Waals surface area contributed by atoms with E-state index in [0.29, 0.717) is 43.1 Å². The lowest BCUT2D eigenvalue weighted by molar-refractivity contribution is -0.144. The number of esters is 2. The molecule has 33 heavy (non-hydrogen) atoms. The lowest BCUT2D eigenvalue weighted by Crippen LogP contribution is -2.07. The van der Waals surface area contributed by atoms with Gasteiger partial charge in [-0.05, 0) is 31.7 Å². The van der Waals surface area contributed by atoms with E-state index in [4.69, 9.17) is 18.5 Å². The van der Waals surface area contributed by atoms with Gasteiger partial charge in [0.15, 0.2) is 0 Å². The Hall–Kier alpha value is -3.82. The molecule has 2 heterocycles. The van der Waals surface area contributed by atoms with Gasteiger partial charge in [-0.3, -0.25) is 4.79 Å². The van der Waals surface area contributed by atoms with E-state index in [1.54, 1.807) is 6.92 Å². The zero-order valence-electron chi connectivity index (χ0n) is 18.5. The summed E-state index contributed by atoms with van der Waals surface area (Å²) in [5.74, 6) is 1.01. The van der Waals surface area contributed by atoms with Gasteiger partial charge in [-0.2, -0.15) is 9.97 Å². The van der Waals surface area contributed by atoms with Crippen LogP contribution in [0.25, 0.3) is 22.8 Å². The summed E-state index contributed by atoms with van der Waals surface area (Å²) in [4.78, 5) is 31.4. The van der Waals surface area contributed by atoms with Gasteiger partial charge in [0.05, 0.1) is 19.6 Å². The minimum absolute atomic E-state index is 0.154. The minimum atomic E-state index is -0.412. The van der Waals surface area contributed by atoms with Crippen molar-refractivity contribution < 1.29 is 28.1 Å². The van der Waals surface area contributed by atoms with Crippen molar-refractivity contribution in [2.75, 3.05) is 13.2 Å². The molecule has 174 valence electrons. The summed E-state index contributed by atoms with van der Waals surface area (Å²) in [5, 5.41) is 7.90. The molecule has 0 amide bonds. The average molecular weight is 454 g/mol. The molecule has 0 radical (unpaired) electrons. The van der Waals surface area contributed by atoms with Gasteiger partial charge < -0.3 is 18.5 Å². The maximum Gasteiger partial charge on any atom is 0.330 e. The first-order valence-electron chi connectivity index (χ1n) is 10.7. The summed E-state index contributed by atoms with van der Waals surface area (Å²) in [5.41, 5.74) is 1.52. The molecule has 0 unspecified atom stereocenters. The van der Waals surface area contributed by atoms with Crippen molar-refractivity contribution in [1.82, 2.24) is 20.3 Å². The highest BCUT2D eigenvalue weighted by Crippen LogP contribution is 2.23. The Morgan fingerprint density at radius 3 is 2.30 bits per heavy atom. The topological polar surface area (TPSA) is 130 Å². The molecule has 0 atom stereocenters. The van der Waals surface area contributed by atoms with E-state index in [2.05, 4.69) is 26.9 Å².